The average Bonchev–Trinajstić information content (AvgIpc) is 2.67. The third-order valence-corrected chi connectivity index (χ3v) is 4.29. The molecule has 5 nitrogen and oxygen atoms in total. The highest BCUT2D eigenvalue weighted by Crippen LogP contribution is 2.31. The number of ether oxygens (including phenoxy) is 1. The summed E-state index contributed by atoms with van der Waals surface area (Å²) >= 11 is 0. The fourth-order valence-electron chi connectivity index (χ4n) is 3.11. The minimum absolute atomic E-state index is 0.189. The number of nitrogens with one attached hydrogen (secondary N) is 1. The number of fused-ring (bicyclic) bond motifs is 3. The molecule has 4 aromatic rings. The van der Waals surface area contributed by atoms with E-state index < -0.39 is 5.97 Å². The molecule has 0 saturated carbocycles. The first kappa shape index (κ1) is 15.1. The Kier molecular flexibility index (Phi) is 3.54. The Morgan fingerprint density at radius 2 is 1.80 bits per heavy atom. The molecule has 5 heteroatoms. The Morgan fingerprint density at radius 1 is 1.00 bits per heavy atom. The molecular formula is C20H14N2O3. The zero-order valence-electron chi connectivity index (χ0n) is 13.4. The van der Waals surface area contributed by atoms with Crippen LogP contribution in [-0.4, -0.2) is 23.0 Å². The van der Waals surface area contributed by atoms with Crippen molar-refractivity contribution in [1.29, 1.82) is 0 Å². The molecule has 2 aromatic heterocycles. The molecule has 0 bridgehead atoms. The number of methoxy groups -OCH3 is 1. The van der Waals surface area contributed by atoms with Crippen LogP contribution in [0.25, 0.3) is 32.7 Å². The number of esters is 1. The first-order chi connectivity index (χ1) is 12.2. The fraction of sp³-hybridized carbons (Fsp3) is 0.0500. The van der Waals surface area contributed by atoms with Crippen molar-refractivity contribution in [3.63, 3.8) is 0 Å². The highest BCUT2D eigenvalue weighted by Gasteiger charge is 2.15. The van der Waals surface area contributed by atoms with E-state index in [2.05, 4.69) is 9.97 Å². The van der Waals surface area contributed by atoms with E-state index in [4.69, 9.17) is 4.74 Å². The number of carbonyl (C=O) groups is 1. The van der Waals surface area contributed by atoms with E-state index in [0.29, 0.717) is 27.1 Å². The Bertz CT molecular complexity index is 1160. The Hall–Kier alpha value is -3.47. The summed E-state index contributed by atoms with van der Waals surface area (Å²) in [6.45, 7) is 0. The van der Waals surface area contributed by atoms with Gasteiger partial charge < -0.3 is 9.72 Å². The first-order valence-corrected chi connectivity index (χ1v) is 7.76. The van der Waals surface area contributed by atoms with E-state index in [0.717, 1.165) is 11.1 Å². The van der Waals surface area contributed by atoms with E-state index in [-0.39, 0.29) is 5.56 Å². The van der Waals surface area contributed by atoms with Crippen LogP contribution in [0.4, 0.5) is 0 Å². The van der Waals surface area contributed by atoms with Crippen molar-refractivity contribution in [3.8, 4) is 11.1 Å². The van der Waals surface area contributed by atoms with Crippen molar-refractivity contribution in [2.24, 2.45) is 0 Å². The zero-order valence-corrected chi connectivity index (χ0v) is 13.4. The summed E-state index contributed by atoms with van der Waals surface area (Å²) in [5.74, 6) is -0.427. The van der Waals surface area contributed by atoms with Crippen molar-refractivity contribution in [2.75, 3.05) is 7.11 Å². The molecule has 0 radical (unpaired) electrons. The van der Waals surface area contributed by atoms with Gasteiger partial charge in [0.05, 0.1) is 18.1 Å². The maximum Gasteiger partial charge on any atom is 0.338 e. The van der Waals surface area contributed by atoms with Crippen LogP contribution in [0.3, 0.4) is 0 Å². The molecule has 25 heavy (non-hydrogen) atoms. The van der Waals surface area contributed by atoms with Crippen LogP contribution in [0.15, 0.2) is 65.8 Å². The highest BCUT2D eigenvalue weighted by atomic mass is 16.5. The highest BCUT2D eigenvalue weighted by molar-refractivity contribution is 6.16. The second-order valence-corrected chi connectivity index (χ2v) is 5.68. The predicted octanol–water partition coefficient (Wildman–Crippen LogP) is 3.53. The predicted molar refractivity (Wildman–Crippen MR) is 96.6 cm³/mol. The lowest BCUT2D eigenvalue weighted by molar-refractivity contribution is 0.0603. The van der Waals surface area contributed by atoms with Crippen LogP contribution in [0.2, 0.25) is 0 Å². The van der Waals surface area contributed by atoms with E-state index in [1.165, 1.54) is 7.11 Å². The van der Waals surface area contributed by atoms with Gasteiger partial charge in [0.2, 0.25) is 0 Å². The van der Waals surface area contributed by atoms with Gasteiger partial charge in [0.1, 0.15) is 0 Å². The molecule has 0 unspecified atom stereocenters. The number of hydrogen-bond acceptors (Lipinski definition) is 4. The van der Waals surface area contributed by atoms with Gasteiger partial charge in [-0.25, -0.2) is 4.79 Å². The number of rotatable bonds is 2. The number of H-pyrrole nitrogens is 1. The lowest BCUT2D eigenvalue weighted by atomic mass is 9.95. The van der Waals surface area contributed by atoms with Gasteiger partial charge in [-0.1, -0.05) is 12.1 Å². The number of hydrogen-bond donors (Lipinski definition) is 1. The molecule has 0 aliphatic rings. The largest absolute Gasteiger partial charge is 0.465 e. The molecule has 0 fully saturated rings. The van der Waals surface area contributed by atoms with Crippen LogP contribution < -0.4 is 5.56 Å². The topological polar surface area (TPSA) is 72.1 Å². The summed E-state index contributed by atoms with van der Waals surface area (Å²) in [5, 5.41) is 2.66. The van der Waals surface area contributed by atoms with E-state index in [9.17, 15) is 9.59 Å². The zero-order chi connectivity index (χ0) is 17.4. The average molecular weight is 330 g/mol. The monoisotopic (exact) mass is 330 g/mol. The molecule has 1 N–H and O–H groups in total. The van der Waals surface area contributed by atoms with E-state index in [1.54, 1.807) is 30.7 Å². The molecule has 0 atom stereocenters. The van der Waals surface area contributed by atoms with Gasteiger partial charge in [-0.3, -0.25) is 9.78 Å². The van der Waals surface area contributed by atoms with Crippen molar-refractivity contribution >= 4 is 27.5 Å². The van der Waals surface area contributed by atoms with Gasteiger partial charge in [0, 0.05) is 18.6 Å². The van der Waals surface area contributed by atoms with Gasteiger partial charge in [0.15, 0.2) is 0 Å². The van der Waals surface area contributed by atoms with Crippen molar-refractivity contribution < 1.29 is 9.53 Å². The quantitative estimate of drug-likeness (QED) is 0.451. The van der Waals surface area contributed by atoms with Gasteiger partial charge in [-0.05, 0) is 57.6 Å². The Labute approximate surface area is 142 Å². The summed E-state index contributed by atoms with van der Waals surface area (Å²) in [6.07, 6.45) is 5.01. The molecule has 0 aliphatic carbocycles. The lowest BCUT2D eigenvalue weighted by Crippen LogP contribution is -2.08. The first-order valence-electron chi connectivity index (χ1n) is 7.76. The Morgan fingerprint density at radius 3 is 2.56 bits per heavy atom. The maximum atomic E-state index is 12.4. The lowest BCUT2D eigenvalue weighted by Gasteiger charge is -2.10. The van der Waals surface area contributed by atoms with E-state index in [1.807, 2.05) is 30.3 Å². The van der Waals surface area contributed by atoms with E-state index >= 15 is 0 Å². The van der Waals surface area contributed by atoms with Gasteiger partial charge in [0.25, 0.3) is 5.56 Å². The molecular weight excluding hydrogens is 316 g/mol. The Balaban J connectivity index is 2.14. The molecule has 122 valence electrons. The van der Waals surface area contributed by atoms with Gasteiger partial charge >= 0.3 is 5.97 Å². The smallest absolute Gasteiger partial charge is 0.338 e. The molecule has 0 saturated heterocycles. The third-order valence-electron chi connectivity index (χ3n) is 4.29. The van der Waals surface area contributed by atoms with Crippen LogP contribution in [-0.2, 0) is 4.74 Å². The summed E-state index contributed by atoms with van der Waals surface area (Å²) in [5.41, 5.74) is 2.19. The van der Waals surface area contributed by atoms with Gasteiger partial charge in [-0.2, -0.15) is 0 Å². The van der Waals surface area contributed by atoms with Crippen LogP contribution in [0.5, 0.6) is 0 Å². The third kappa shape index (κ3) is 2.46. The minimum atomic E-state index is -0.427. The number of aromatic nitrogens is 2. The van der Waals surface area contributed by atoms with Crippen LogP contribution in [0, 0.1) is 0 Å². The molecule has 0 amide bonds. The van der Waals surface area contributed by atoms with Crippen LogP contribution in [0.1, 0.15) is 10.4 Å². The number of carbonyl (C=O) groups excluding carboxylic acids is 1. The number of benzene rings is 2. The summed E-state index contributed by atoms with van der Waals surface area (Å²) < 4.78 is 4.91. The second-order valence-electron chi connectivity index (χ2n) is 5.68. The summed E-state index contributed by atoms with van der Waals surface area (Å²) in [7, 11) is 1.35. The number of pyridine rings is 2. The summed E-state index contributed by atoms with van der Waals surface area (Å²) in [4.78, 5) is 31.3. The molecule has 0 spiro atoms. The normalized spacial score (nSPS) is 10.9. The molecule has 2 heterocycles. The molecule has 4 rings (SSSR count). The standard InChI is InChI=1S/C20H14N2O3/c1-25-20(24)17-11-14-6-9-22-19(23)18(14)16-10-13(2-3-15(16)17)12-4-7-21-8-5-12/h2-11H,1H3,(H,22,23). The summed E-state index contributed by atoms with van der Waals surface area (Å²) in [6, 6.07) is 13.0. The van der Waals surface area contributed by atoms with Gasteiger partial charge in [-0.15, -0.1) is 0 Å². The SMILES string of the molecule is COC(=O)c1cc2cc[nH]c(=O)c2c2cc(-c3ccncc3)ccc12. The van der Waals surface area contributed by atoms with Crippen molar-refractivity contribution in [2.45, 2.75) is 0 Å². The molecule has 2 aromatic carbocycles. The van der Waals surface area contributed by atoms with Crippen LogP contribution >= 0.6 is 0 Å². The molecule has 0 aliphatic heterocycles. The number of aromatic amines is 1. The number of nitrogens with zero attached hydrogens (tertiary/aromatic N) is 1. The minimum Gasteiger partial charge on any atom is -0.465 e. The maximum absolute atomic E-state index is 12.4. The van der Waals surface area contributed by atoms with Crippen molar-refractivity contribution in [3.05, 3.63) is 77.0 Å². The van der Waals surface area contributed by atoms with Crippen molar-refractivity contribution in [1.82, 2.24) is 9.97 Å². The second kappa shape index (κ2) is 5.87. The fourth-order valence-corrected chi connectivity index (χ4v) is 3.11.